The number of rotatable bonds is 1. The molecule has 0 saturated heterocycles. The van der Waals surface area contributed by atoms with Crippen LogP contribution in [0.3, 0.4) is 0 Å². The molecule has 0 unspecified atom stereocenters. The van der Waals surface area contributed by atoms with Gasteiger partial charge in [-0.25, -0.2) is 0 Å². The van der Waals surface area contributed by atoms with Crippen LogP contribution in [0.4, 0.5) is 0 Å². The van der Waals surface area contributed by atoms with Gasteiger partial charge in [0.1, 0.15) is 0 Å². The third-order valence-electron chi connectivity index (χ3n) is 3.84. The van der Waals surface area contributed by atoms with Crippen LogP contribution in [0.25, 0.3) is 0 Å². The van der Waals surface area contributed by atoms with Crippen molar-refractivity contribution in [3.8, 4) is 0 Å². The summed E-state index contributed by atoms with van der Waals surface area (Å²) >= 11 is 2.56. The first-order chi connectivity index (χ1) is 7.70. The molecule has 0 amide bonds. The predicted molar refractivity (Wildman–Crippen MR) is 73.8 cm³/mol. The Bertz CT molecular complexity index is 449. The molecule has 2 aliphatic rings. The van der Waals surface area contributed by atoms with Gasteiger partial charge in [-0.05, 0) is 75.6 Å². The van der Waals surface area contributed by atoms with Gasteiger partial charge in [0.2, 0.25) is 0 Å². The van der Waals surface area contributed by atoms with Gasteiger partial charge >= 0.3 is 0 Å². The topological polar surface area (TPSA) is 9.23 Å². The van der Waals surface area contributed by atoms with Crippen LogP contribution in [0.5, 0.6) is 0 Å². The third kappa shape index (κ3) is 1.46. The van der Waals surface area contributed by atoms with Crippen molar-refractivity contribution in [3.05, 3.63) is 31.4 Å². The lowest BCUT2D eigenvalue weighted by Crippen LogP contribution is -2.05. The molecule has 1 nitrogen and oxygen atoms in total. The number of benzene rings is 1. The lowest BCUT2D eigenvalue weighted by molar-refractivity contribution is 0.134. The highest BCUT2D eigenvalue weighted by molar-refractivity contribution is 14.1. The van der Waals surface area contributed by atoms with E-state index in [0.29, 0.717) is 5.92 Å². The molecule has 0 radical (unpaired) electrons. The molecule has 1 aliphatic heterocycles. The molecule has 16 heavy (non-hydrogen) atoms. The summed E-state index contributed by atoms with van der Waals surface area (Å²) in [5, 5.41) is 0. The van der Waals surface area contributed by atoms with Crippen molar-refractivity contribution in [2.75, 3.05) is 0 Å². The summed E-state index contributed by atoms with van der Waals surface area (Å²) in [4.78, 5) is 0. The minimum Gasteiger partial charge on any atom is -0.372 e. The first-order valence-electron chi connectivity index (χ1n) is 6.12. The second kappa shape index (κ2) is 3.98. The minimum atomic E-state index is 0.619. The van der Waals surface area contributed by atoms with E-state index in [0.717, 1.165) is 13.2 Å². The van der Waals surface area contributed by atoms with E-state index >= 15 is 0 Å². The van der Waals surface area contributed by atoms with Gasteiger partial charge in [0.25, 0.3) is 0 Å². The van der Waals surface area contributed by atoms with Crippen molar-refractivity contribution < 1.29 is 4.74 Å². The van der Waals surface area contributed by atoms with Crippen LogP contribution < -0.4 is 0 Å². The maximum absolute atomic E-state index is 5.68. The lowest BCUT2D eigenvalue weighted by Gasteiger charge is -2.18. The summed E-state index contributed by atoms with van der Waals surface area (Å²) in [5.41, 5.74) is 7.88. The largest absolute Gasteiger partial charge is 0.372 e. The zero-order chi connectivity index (χ0) is 11.3. The molecule has 2 heteroatoms. The van der Waals surface area contributed by atoms with Gasteiger partial charge < -0.3 is 4.74 Å². The van der Waals surface area contributed by atoms with E-state index in [1.807, 2.05) is 0 Å². The van der Waals surface area contributed by atoms with Crippen LogP contribution in [-0.4, -0.2) is 0 Å². The fraction of sp³-hybridized carbons (Fsp3) is 0.571. The standard InChI is InChI=1S/C14H17IO/c1-8(2)13-12-7-16-6-11(12)9-4-3-5-10(9)14(13)15/h8H,3-7H2,1-2H3. The van der Waals surface area contributed by atoms with Crippen molar-refractivity contribution in [1.82, 2.24) is 0 Å². The Balaban J connectivity index is 2.31. The first-order valence-corrected chi connectivity index (χ1v) is 7.20. The number of hydrogen-bond acceptors (Lipinski definition) is 1. The maximum atomic E-state index is 5.68. The summed E-state index contributed by atoms with van der Waals surface area (Å²) in [5.74, 6) is 0.619. The Hall–Kier alpha value is -0.0900. The normalized spacial score (nSPS) is 18.0. The van der Waals surface area contributed by atoms with E-state index in [2.05, 4.69) is 36.4 Å². The van der Waals surface area contributed by atoms with E-state index in [4.69, 9.17) is 4.74 Å². The summed E-state index contributed by atoms with van der Waals surface area (Å²) in [6.45, 7) is 6.30. The molecule has 0 aromatic heterocycles. The van der Waals surface area contributed by atoms with E-state index < -0.39 is 0 Å². The highest BCUT2D eigenvalue weighted by Crippen LogP contribution is 2.41. The molecule has 0 N–H and O–H groups in total. The van der Waals surface area contributed by atoms with Gasteiger partial charge in [-0.2, -0.15) is 0 Å². The van der Waals surface area contributed by atoms with Gasteiger partial charge in [-0.3, -0.25) is 0 Å². The minimum absolute atomic E-state index is 0.619. The Morgan fingerprint density at radius 2 is 1.69 bits per heavy atom. The molecule has 3 rings (SSSR count). The molecule has 1 aromatic rings. The van der Waals surface area contributed by atoms with Crippen molar-refractivity contribution in [2.24, 2.45) is 0 Å². The van der Waals surface area contributed by atoms with Crippen molar-refractivity contribution >= 4 is 22.6 Å². The van der Waals surface area contributed by atoms with E-state index in [1.54, 1.807) is 16.7 Å². The van der Waals surface area contributed by atoms with Crippen molar-refractivity contribution in [3.63, 3.8) is 0 Å². The highest BCUT2D eigenvalue weighted by Gasteiger charge is 2.28. The van der Waals surface area contributed by atoms with Crippen LogP contribution in [0, 0.1) is 3.57 Å². The van der Waals surface area contributed by atoms with E-state index in [-0.39, 0.29) is 0 Å². The van der Waals surface area contributed by atoms with Gasteiger partial charge in [-0.1, -0.05) is 13.8 Å². The molecule has 86 valence electrons. The average Bonchev–Trinajstić information content (AvgIpc) is 2.82. The number of ether oxygens (including phenoxy) is 1. The summed E-state index contributed by atoms with van der Waals surface area (Å²) in [6, 6.07) is 0. The first kappa shape index (κ1) is 11.0. The quantitative estimate of drug-likeness (QED) is 0.710. The zero-order valence-electron chi connectivity index (χ0n) is 9.90. The average molecular weight is 328 g/mol. The van der Waals surface area contributed by atoms with Crippen LogP contribution in [0.15, 0.2) is 0 Å². The molecule has 0 bridgehead atoms. The van der Waals surface area contributed by atoms with Gasteiger partial charge in [0.15, 0.2) is 0 Å². The Labute approximate surface area is 111 Å². The molecule has 0 spiro atoms. The second-order valence-corrected chi connectivity index (χ2v) is 6.22. The Morgan fingerprint density at radius 3 is 2.44 bits per heavy atom. The van der Waals surface area contributed by atoms with Gasteiger partial charge in [0.05, 0.1) is 13.2 Å². The molecule has 1 heterocycles. The zero-order valence-corrected chi connectivity index (χ0v) is 12.1. The smallest absolute Gasteiger partial charge is 0.0728 e. The summed E-state index contributed by atoms with van der Waals surface area (Å²) in [7, 11) is 0. The summed E-state index contributed by atoms with van der Waals surface area (Å²) < 4.78 is 7.21. The Kier molecular flexibility index (Phi) is 2.75. The van der Waals surface area contributed by atoms with Gasteiger partial charge in [-0.15, -0.1) is 0 Å². The third-order valence-corrected chi connectivity index (χ3v) is 5.08. The van der Waals surface area contributed by atoms with Crippen LogP contribution in [0.1, 0.15) is 54.0 Å². The maximum Gasteiger partial charge on any atom is 0.0728 e. The highest BCUT2D eigenvalue weighted by atomic mass is 127. The van der Waals surface area contributed by atoms with Crippen LogP contribution in [-0.2, 0) is 30.8 Å². The number of fused-ring (bicyclic) bond motifs is 3. The summed E-state index contributed by atoms with van der Waals surface area (Å²) in [6.07, 6.45) is 3.88. The molecule has 0 atom stereocenters. The molecular weight excluding hydrogens is 311 g/mol. The second-order valence-electron chi connectivity index (χ2n) is 5.14. The molecule has 1 aliphatic carbocycles. The van der Waals surface area contributed by atoms with Crippen molar-refractivity contribution in [2.45, 2.75) is 52.2 Å². The van der Waals surface area contributed by atoms with E-state index in [1.165, 1.54) is 34.0 Å². The SMILES string of the molecule is CC(C)c1c(I)c2c(c3c1COC3)CCC2. The number of hydrogen-bond donors (Lipinski definition) is 0. The number of halogens is 1. The fourth-order valence-corrected chi connectivity index (χ4v) is 4.70. The van der Waals surface area contributed by atoms with Gasteiger partial charge in [0, 0.05) is 3.57 Å². The van der Waals surface area contributed by atoms with E-state index in [9.17, 15) is 0 Å². The molecular formula is C14H17IO. The molecule has 1 aromatic carbocycles. The monoisotopic (exact) mass is 328 g/mol. The lowest BCUT2D eigenvalue weighted by atomic mass is 9.89. The molecule has 0 saturated carbocycles. The fourth-order valence-electron chi connectivity index (χ4n) is 3.15. The van der Waals surface area contributed by atoms with Crippen LogP contribution >= 0.6 is 22.6 Å². The van der Waals surface area contributed by atoms with Crippen LogP contribution in [0.2, 0.25) is 0 Å². The Morgan fingerprint density at radius 1 is 1.00 bits per heavy atom. The molecule has 0 fully saturated rings. The predicted octanol–water partition coefficient (Wildman–Crippen LogP) is 3.93. The van der Waals surface area contributed by atoms with Crippen molar-refractivity contribution in [1.29, 1.82) is 0 Å².